The predicted molar refractivity (Wildman–Crippen MR) is 88.6 cm³/mol. The smallest absolute Gasteiger partial charge is 0.233 e. The van der Waals surface area contributed by atoms with E-state index in [-0.39, 0.29) is 30.2 Å². The van der Waals surface area contributed by atoms with E-state index < -0.39 is 27.1 Å². The number of fused-ring (bicyclic) bond motifs is 1. The van der Waals surface area contributed by atoms with Crippen LogP contribution < -0.4 is 0 Å². The number of carbonyl (C=O) groups is 1. The largest absolute Gasteiger partial charge is 0.382 e. The molecule has 9 heteroatoms. The number of nitrogens with zero attached hydrogens (tertiary/aromatic N) is 1. The lowest BCUT2D eigenvalue weighted by molar-refractivity contribution is -0.260. The molecule has 3 fully saturated rings. The maximum Gasteiger partial charge on any atom is 0.233 e. The summed E-state index contributed by atoms with van der Waals surface area (Å²) in [6, 6.07) is -0.0523. The number of carbonyl (C=O) groups excluding carboxylic acids is 1. The number of ether oxygens (including phenoxy) is 4. The number of sulfone groups is 1. The second-order valence-electron chi connectivity index (χ2n) is 7.41. The molecule has 0 aromatic rings. The first-order valence-electron chi connectivity index (χ1n) is 8.61. The van der Waals surface area contributed by atoms with Crippen LogP contribution in [-0.4, -0.2) is 81.8 Å². The second-order valence-corrected chi connectivity index (χ2v) is 9.59. The fourth-order valence-electron chi connectivity index (χ4n) is 4.23. The summed E-state index contributed by atoms with van der Waals surface area (Å²) in [5.74, 6) is -0.639. The van der Waals surface area contributed by atoms with Gasteiger partial charge in [-0.15, -0.1) is 0 Å². The van der Waals surface area contributed by atoms with Crippen LogP contribution in [0.15, 0.2) is 0 Å². The van der Waals surface area contributed by atoms with Crippen molar-refractivity contribution in [3.63, 3.8) is 0 Å². The van der Waals surface area contributed by atoms with Gasteiger partial charge in [0.1, 0.15) is 12.5 Å². The third kappa shape index (κ3) is 3.44. The summed E-state index contributed by atoms with van der Waals surface area (Å²) in [4.78, 5) is 14.6. The van der Waals surface area contributed by atoms with Gasteiger partial charge < -0.3 is 23.8 Å². The maximum absolute atomic E-state index is 12.9. The average Bonchev–Trinajstić information content (AvgIpc) is 2.81. The molecular weight excluding hydrogens is 350 g/mol. The van der Waals surface area contributed by atoms with Gasteiger partial charge in [-0.1, -0.05) is 0 Å². The summed E-state index contributed by atoms with van der Waals surface area (Å²) in [6.07, 6.45) is 1.01. The van der Waals surface area contributed by atoms with Crippen LogP contribution in [0.3, 0.4) is 0 Å². The van der Waals surface area contributed by atoms with Gasteiger partial charge >= 0.3 is 0 Å². The summed E-state index contributed by atoms with van der Waals surface area (Å²) in [6.45, 7) is 5.01. The van der Waals surface area contributed by atoms with E-state index in [0.717, 1.165) is 0 Å². The third-order valence-corrected chi connectivity index (χ3v) is 7.15. The molecule has 0 N–H and O–H groups in total. The minimum atomic E-state index is -3.22. The lowest BCUT2D eigenvalue weighted by atomic mass is 9.71. The fraction of sp³-hybridized carbons (Fsp3) is 0.938. The highest BCUT2D eigenvalue weighted by atomic mass is 32.2. The molecule has 1 amide bonds. The number of methoxy groups -OCH3 is 1. The van der Waals surface area contributed by atoms with Crippen molar-refractivity contribution < 1.29 is 32.2 Å². The van der Waals surface area contributed by atoms with Crippen LogP contribution in [0.1, 0.15) is 26.7 Å². The van der Waals surface area contributed by atoms with Crippen LogP contribution in [0.5, 0.6) is 0 Å². The van der Waals surface area contributed by atoms with E-state index in [1.165, 1.54) is 0 Å². The van der Waals surface area contributed by atoms with Crippen LogP contribution in [0.2, 0.25) is 0 Å². The highest BCUT2D eigenvalue weighted by molar-refractivity contribution is 7.91. The molecule has 25 heavy (non-hydrogen) atoms. The predicted octanol–water partition coefficient (Wildman–Crippen LogP) is 0.164. The zero-order valence-electron chi connectivity index (χ0n) is 15.0. The van der Waals surface area contributed by atoms with Crippen molar-refractivity contribution in [2.75, 3.05) is 45.2 Å². The Bertz CT molecular complexity index is 620. The van der Waals surface area contributed by atoms with Crippen LogP contribution >= 0.6 is 0 Å². The Hall–Kier alpha value is -0.740. The molecule has 3 saturated heterocycles. The van der Waals surface area contributed by atoms with E-state index in [2.05, 4.69) is 0 Å². The van der Waals surface area contributed by atoms with E-state index in [4.69, 9.17) is 18.9 Å². The molecule has 1 unspecified atom stereocenters. The molecule has 0 aromatic heterocycles. The molecule has 144 valence electrons. The van der Waals surface area contributed by atoms with Gasteiger partial charge in [0, 0.05) is 7.11 Å². The summed E-state index contributed by atoms with van der Waals surface area (Å²) >= 11 is 0. The molecular formula is C16H27NO7S. The molecule has 0 spiro atoms. The monoisotopic (exact) mass is 377 g/mol. The van der Waals surface area contributed by atoms with Crippen molar-refractivity contribution in [2.45, 2.75) is 44.1 Å². The highest BCUT2D eigenvalue weighted by Crippen LogP contribution is 2.49. The van der Waals surface area contributed by atoms with Crippen molar-refractivity contribution >= 4 is 15.7 Å². The number of hydrogen-bond acceptors (Lipinski definition) is 7. The lowest BCUT2D eigenvalue weighted by Crippen LogP contribution is -2.76. The number of β-lactam (4-membered cyclic amide) rings is 1. The minimum absolute atomic E-state index is 0.0431. The van der Waals surface area contributed by atoms with Crippen molar-refractivity contribution in [3.8, 4) is 0 Å². The van der Waals surface area contributed by atoms with Crippen molar-refractivity contribution in [2.24, 2.45) is 5.92 Å². The van der Waals surface area contributed by atoms with Gasteiger partial charge in [-0.05, 0) is 26.7 Å². The SMILES string of the molecule is COCCOCOC1([C@@H]2C(=O)N3[C@@H]2CCOC3(C)C)CCS(=O)(=O)C1. The first-order chi connectivity index (χ1) is 11.7. The van der Waals surface area contributed by atoms with Gasteiger partial charge in [0.25, 0.3) is 0 Å². The Morgan fingerprint density at radius 2 is 2.08 bits per heavy atom. The quantitative estimate of drug-likeness (QED) is 0.355. The van der Waals surface area contributed by atoms with Gasteiger partial charge in [0.05, 0.1) is 48.9 Å². The Kier molecular flexibility index (Phi) is 5.15. The summed E-state index contributed by atoms with van der Waals surface area (Å²) in [5.41, 5.74) is -1.66. The first-order valence-corrected chi connectivity index (χ1v) is 10.4. The molecule has 0 aliphatic carbocycles. The van der Waals surface area contributed by atoms with Crippen LogP contribution in [0.4, 0.5) is 0 Å². The topological polar surface area (TPSA) is 91.4 Å². The van der Waals surface area contributed by atoms with Crippen molar-refractivity contribution in [3.05, 3.63) is 0 Å². The Morgan fingerprint density at radius 1 is 1.32 bits per heavy atom. The van der Waals surface area contributed by atoms with Gasteiger partial charge in [0.2, 0.25) is 5.91 Å². The zero-order chi connectivity index (χ0) is 18.3. The molecule has 0 radical (unpaired) electrons. The Balaban J connectivity index is 1.75. The number of amides is 1. The van der Waals surface area contributed by atoms with Crippen LogP contribution in [0.25, 0.3) is 0 Å². The van der Waals surface area contributed by atoms with Crippen LogP contribution in [0, 0.1) is 5.92 Å². The van der Waals surface area contributed by atoms with E-state index in [9.17, 15) is 13.2 Å². The molecule has 0 saturated carbocycles. The van der Waals surface area contributed by atoms with E-state index in [1.54, 1.807) is 12.0 Å². The first kappa shape index (κ1) is 19.0. The van der Waals surface area contributed by atoms with Crippen LogP contribution in [-0.2, 0) is 33.6 Å². The van der Waals surface area contributed by atoms with Gasteiger partial charge in [-0.3, -0.25) is 4.79 Å². The van der Waals surface area contributed by atoms with Gasteiger partial charge in [-0.2, -0.15) is 0 Å². The maximum atomic E-state index is 12.9. The molecule has 3 atom stereocenters. The van der Waals surface area contributed by atoms with E-state index >= 15 is 0 Å². The molecule has 3 aliphatic rings. The zero-order valence-corrected chi connectivity index (χ0v) is 15.8. The van der Waals surface area contributed by atoms with E-state index in [0.29, 0.717) is 32.7 Å². The Morgan fingerprint density at radius 3 is 2.72 bits per heavy atom. The molecule has 8 nitrogen and oxygen atoms in total. The van der Waals surface area contributed by atoms with Crippen molar-refractivity contribution in [1.29, 1.82) is 0 Å². The molecule has 3 rings (SSSR count). The highest BCUT2D eigenvalue weighted by Gasteiger charge is 2.65. The summed E-state index contributed by atoms with van der Waals surface area (Å²) in [7, 11) is -1.65. The lowest BCUT2D eigenvalue weighted by Gasteiger charge is -2.61. The second kappa shape index (κ2) is 6.77. The van der Waals surface area contributed by atoms with Crippen molar-refractivity contribution in [1.82, 2.24) is 4.90 Å². The molecule has 3 aliphatic heterocycles. The molecule has 3 heterocycles. The average molecular weight is 377 g/mol. The molecule has 0 bridgehead atoms. The normalized spacial score (nSPS) is 36.1. The summed E-state index contributed by atoms with van der Waals surface area (Å²) in [5, 5.41) is 0. The standard InChI is InChI=1S/C16H27NO7S/c1-15(2)17-12(4-6-23-15)13(14(17)18)16(5-9-25(19,20)10-16)24-11-22-8-7-21-3/h12-13H,4-11H2,1-3H3/t12-,13+,16?/m1/s1. The number of hydrogen-bond donors (Lipinski definition) is 0. The van der Waals surface area contributed by atoms with Gasteiger partial charge in [-0.25, -0.2) is 8.42 Å². The number of rotatable bonds is 7. The summed E-state index contributed by atoms with van der Waals surface area (Å²) < 4.78 is 46.1. The Labute approximate surface area is 148 Å². The fourth-order valence-corrected chi connectivity index (χ4v) is 6.19. The minimum Gasteiger partial charge on any atom is -0.382 e. The molecule has 0 aromatic carbocycles. The van der Waals surface area contributed by atoms with Gasteiger partial charge in [0.15, 0.2) is 9.84 Å². The third-order valence-electron chi connectivity index (χ3n) is 5.40. The van der Waals surface area contributed by atoms with E-state index in [1.807, 2.05) is 13.8 Å².